The zero-order valence-electron chi connectivity index (χ0n) is 12.1. The summed E-state index contributed by atoms with van der Waals surface area (Å²) in [6.07, 6.45) is 3.50. The lowest BCUT2D eigenvalue weighted by atomic mass is 10.2. The van der Waals surface area contributed by atoms with Crippen LogP contribution in [0.25, 0.3) is 0 Å². The van der Waals surface area contributed by atoms with Gasteiger partial charge in [-0.15, -0.1) is 12.4 Å². The van der Waals surface area contributed by atoms with Crippen LogP contribution < -0.4 is 5.32 Å². The number of nitrogens with one attached hydrogen (secondary N) is 1. The molecule has 0 radical (unpaired) electrons. The molecule has 0 fully saturated rings. The van der Waals surface area contributed by atoms with Gasteiger partial charge in [-0.25, -0.2) is 0 Å². The number of hydrogen-bond acceptors (Lipinski definition) is 3. The van der Waals surface area contributed by atoms with Gasteiger partial charge in [-0.05, 0) is 61.4 Å². The van der Waals surface area contributed by atoms with Crippen LogP contribution in [-0.4, -0.2) is 12.4 Å². The number of benzene rings is 2. The Morgan fingerprint density at radius 2 is 1.55 bits per heavy atom. The minimum absolute atomic E-state index is 0. The van der Waals surface area contributed by atoms with Gasteiger partial charge in [0.2, 0.25) is 0 Å². The van der Waals surface area contributed by atoms with Gasteiger partial charge < -0.3 is 5.32 Å². The molecule has 0 amide bonds. The maximum absolute atomic E-state index is 5.90. The molecular weight excluding hydrogens is 335 g/mol. The second-order valence-electron chi connectivity index (χ2n) is 4.99. The van der Waals surface area contributed by atoms with Crippen molar-refractivity contribution in [3.63, 3.8) is 0 Å². The molecule has 1 aliphatic heterocycles. The molecule has 22 heavy (non-hydrogen) atoms. The summed E-state index contributed by atoms with van der Waals surface area (Å²) in [5, 5.41) is 4.17. The van der Waals surface area contributed by atoms with Gasteiger partial charge in [-0.1, -0.05) is 23.4 Å². The fourth-order valence-corrected chi connectivity index (χ4v) is 3.15. The average molecular weight is 353 g/mol. The van der Waals surface area contributed by atoms with Crippen molar-refractivity contribution in [1.82, 2.24) is 0 Å². The van der Waals surface area contributed by atoms with Crippen molar-refractivity contribution in [2.75, 3.05) is 11.9 Å². The van der Waals surface area contributed by atoms with Crippen LogP contribution in [0.1, 0.15) is 19.3 Å². The first-order valence-corrected chi connectivity index (χ1v) is 8.33. The number of nitrogens with zero attached hydrogens (tertiary/aromatic N) is 1. The number of hydrogen-bond donors (Lipinski definition) is 1. The summed E-state index contributed by atoms with van der Waals surface area (Å²) in [7, 11) is 0. The van der Waals surface area contributed by atoms with Crippen LogP contribution in [0.3, 0.4) is 0 Å². The number of aliphatic imine (C=N–C) groups is 1. The Hall–Kier alpha value is -1.16. The van der Waals surface area contributed by atoms with Gasteiger partial charge in [0.05, 0.1) is 0 Å². The molecule has 0 saturated heterocycles. The van der Waals surface area contributed by atoms with Crippen molar-refractivity contribution in [1.29, 1.82) is 0 Å². The van der Waals surface area contributed by atoms with E-state index >= 15 is 0 Å². The molecule has 0 aliphatic carbocycles. The van der Waals surface area contributed by atoms with Gasteiger partial charge in [-0.3, -0.25) is 4.99 Å². The van der Waals surface area contributed by atoms with E-state index in [1.807, 2.05) is 24.3 Å². The van der Waals surface area contributed by atoms with Gasteiger partial charge >= 0.3 is 0 Å². The van der Waals surface area contributed by atoms with Crippen molar-refractivity contribution >= 4 is 47.3 Å². The summed E-state index contributed by atoms with van der Waals surface area (Å²) in [6, 6.07) is 16.4. The topological polar surface area (TPSA) is 24.4 Å². The fourth-order valence-electron chi connectivity index (χ4n) is 2.21. The van der Waals surface area contributed by atoms with E-state index in [1.165, 1.54) is 22.6 Å². The highest BCUT2D eigenvalue weighted by Crippen LogP contribution is 2.29. The smallest absolute Gasteiger partial charge is 0.101 e. The van der Waals surface area contributed by atoms with Crippen molar-refractivity contribution < 1.29 is 0 Å². The summed E-state index contributed by atoms with van der Waals surface area (Å²) in [5.74, 6) is 1.11. The first-order chi connectivity index (χ1) is 10.3. The highest BCUT2D eigenvalue weighted by atomic mass is 35.5. The molecule has 2 aromatic carbocycles. The van der Waals surface area contributed by atoms with Gasteiger partial charge in [0.1, 0.15) is 5.84 Å². The Balaban J connectivity index is 0.00000176. The lowest BCUT2D eigenvalue weighted by molar-refractivity contribution is 0.737. The van der Waals surface area contributed by atoms with Gasteiger partial charge in [0, 0.05) is 33.5 Å². The SMILES string of the molecule is Cl.Clc1ccc(Sc2ccc(NC3=NCCCC3)cc2)cc1. The molecule has 3 rings (SSSR count). The highest BCUT2D eigenvalue weighted by molar-refractivity contribution is 7.99. The van der Waals surface area contributed by atoms with Gasteiger partial charge in [0.15, 0.2) is 0 Å². The Bertz CT molecular complexity index is 624. The normalized spacial score (nSPS) is 14.0. The summed E-state index contributed by atoms with van der Waals surface area (Å²) < 4.78 is 0. The van der Waals surface area contributed by atoms with Crippen LogP contribution >= 0.6 is 35.8 Å². The molecule has 5 heteroatoms. The molecule has 2 aromatic rings. The largest absolute Gasteiger partial charge is 0.344 e. The summed E-state index contributed by atoms with van der Waals surface area (Å²) in [6.45, 7) is 0.951. The minimum Gasteiger partial charge on any atom is -0.344 e. The highest BCUT2D eigenvalue weighted by Gasteiger charge is 2.05. The summed E-state index contributed by atoms with van der Waals surface area (Å²) >= 11 is 7.63. The van der Waals surface area contributed by atoms with E-state index in [0.29, 0.717) is 0 Å². The van der Waals surface area contributed by atoms with Crippen LogP contribution in [-0.2, 0) is 0 Å². The zero-order chi connectivity index (χ0) is 14.5. The van der Waals surface area contributed by atoms with E-state index in [0.717, 1.165) is 29.5 Å². The third kappa shape index (κ3) is 4.94. The van der Waals surface area contributed by atoms with Crippen LogP contribution in [0.15, 0.2) is 63.3 Å². The molecule has 2 nitrogen and oxygen atoms in total. The standard InChI is InChI=1S/C17H17ClN2S.ClH/c18-13-4-8-15(9-5-13)21-16-10-6-14(7-11-16)20-17-3-1-2-12-19-17;/h4-11H,1-3,12H2,(H,19,20);1H. The van der Waals surface area contributed by atoms with E-state index in [2.05, 4.69) is 34.6 Å². The molecule has 1 aliphatic rings. The van der Waals surface area contributed by atoms with Crippen LogP contribution in [0.2, 0.25) is 5.02 Å². The summed E-state index contributed by atoms with van der Waals surface area (Å²) in [5.41, 5.74) is 1.11. The molecule has 0 aromatic heterocycles. The predicted molar refractivity (Wildman–Crippen MR) is 99.0 cm³/mol. The molecule has 0 unspecified atom stereocenters. The van der Waals surface area contributed by atoms with E-state index in [9.17, 15) is 0 Å². The third-order valence-corrected chi connectivity index (χ3v) is 4.58. The van der Waals surface area contributed by atoms with E-state index in [4.69, 9.17) is 11.6 Å². The number of amidine groups is 1. The molecule has 0 spiro atoms. The Labute approximate surface area is 146 Å². The van der Waals surface area contributed by atoms with Crippen LogP contribution in [0, 0.1) is 0 Å². The molecule has 0 bridgehead atoms. The minimum atomic E-state index is 0. The van der Waals surface area contributed by atoms with Crippen molar-refractivity contribution in [2.45, 2.75) is 29.1 Å². The third-order valence-electron chi connectivity index (χ3n) is 3.32. The van der Waals surface area contributed by atoms with Crippen LogP contribution in [0.5, 0.6) is 0 Å². The van der Waals surface area contributed by atoms with Gasteiger partial charge in [-0.2, -0.15) is 0 Å². The first kappa shape index (κ1) is 17.2. The van der Waals surface area contributed by atoms with E-state index in [-0.39, 0.29) is 12.4 Å². The van der Waals surface area contributed by atoms with Gasteiger partial charge in [0.25, 0.3) is 0 Å². The number of halogens is 2. The predicted octanol–water partition coefficient (Wildman–Crippen LogP) is 5.91. The maximum Gasteiger partial charge on any atom is 0.101 e. The number of rotatable bonds is 3. The van der Waals surface area contributed by atoms with Crippen LogP contribution in [0.4, 0.5) is 5.69 Å². The van der Waals surface area contributed by atoms with E-state index < -0.39 is 0 Å². The molecule has 1 heterocycles. The Morgan fingerprint density at radius 1 is 0.909 bits per heavy atom. The second kappa shape index (κ2) is 8.47. The Kier molecular flexibility index (Phi) is 6.62. The lowest BCUT2D eigenvalue weighted by Gasteiger charge is -2.14. The van der Waals surface area contributed by atoms with E-state index in [1.54, 1.807) is 11.8 Å². The first-order valence-electron chi connectivity index (χ1n) is 7.13. The average Bonchev–Trinajstić information content (AvgIpc) is 2.53. The number of anilines is 1. The molecule has 1 N–H and O–H groups in total. The lowest BCUT2D eigenvalue weighted by Crippen LogP contribution is -2.15. The molecular formula is C17H18Cl2N2S. The molecule has 0 atom stereocenters. The molecule has 0 saturated carbocycles. The fraction of sp³-hybridized carbons (Fsp3) is 0.235. The zero-order valence-corrected chi connectivity index (χ0v) is 14.5. The van der Waals surface area contributed by atoms with Crippen molar-refractivity contribution in [2.24, 2.45) is 4.99 Å². The monoisotopic (exact) mass is 352 g/mol. The maximum atomic E-state index is 5.90. The summed E-state index contributed by atoms with van der Waals surface area (Å²) in [4.78, 5) is 6.92. The molecule has 116 valence electrons. The second-order valence-corrected chi connectivity index (χ2v) is 6.57. The van der Waals surface area contributed by atoms with Crippen molar-refractivity contribution in [3.8, 4) is 0 Å². The quantitative estimate of drug-likeness (QED) is 0.742. The van der Waals surface area contributed by atoms with Crippen molar-refractivity contribution in [3.05, 3.63) is 53.6 Å². The Morgan fingerprint density at radius 3 is 2.14 bits per heavy atom.